The third kappa shape index (κ3) is 3.67. The standard InChI is InChI=1S/C26H31N5O3/c1-26(2)21(16-8-6-5-7-9-16)22(26)24(32)30-10-12-31(13-11-30)25-28-18-15-20(34-4)19(33-3)14-17(18)23(27)29-25/h5-9,14-15,21-22H,10-13H2,1-4H3,(H2,27,28,29)/t21-,22+/m0/s1. The van der Waals surface area contributed by atoms with E-state index in [0.717, 1.165) is 5.39 Å². The molecule has 2 N–H and O–H groups in total. The molecule has 34 heavy (non-hydrogen) atoms. The number of carbonyl (C=O) groups is 1. The van der Waals surface area contributed by atoms with Crippen LogP contribution in [0.5, 0.6) is 11.5 Å². The van der Waals surface area contributed by atoms with Gasteiger partial charge in [0.05, 0.1) is 25.7 Å². The molecule has 8 nitrogen and oxygen atoms in total. The van der Waals surface area contributed by atoms with Gasteiger partial charge in [0.1, 0.15) is 5.82 Å². The van der Waals surface area contributed by atoms with Crippen molar-refractivity contribution in [2.45, 2.75) is 19.8 Å². The maximum Gasteiger partial charge on any atom is 0.228 e. The monoisotopic (exact) mass is 461 g/mol. The van der Waals surface area contributed by atoms with E-state index in [-0.39, 0.29) is 23.2 Å². The molecule has 1 aliphatic carbocycles. The van der Waals surface area contributed by atoms with Crippen molar-refractivity contribution in [2.75, 3.05) is 51.0 Å². The summed E-state index contributed by atoms with van der Waals surface area (Å²) in [6.45, 7) is 6.98. The lowest BCUT2D eigenvalue weighted by atomic mass is 10.0. The molecule has 1 aromatic heterocycles. The number of carbonyl (C=O) groups excluding carboxylic acids is 1. The molecule has 0 spiro atoms. The van der Waals surface area contributed by atoms with Gasteiger partial charge in [-0.1, -0.05) is 44.2 Å². The van der Waals surface area contributed by atoms with Gasteiger partial charge in [-0.2, -0.15) is 4.98 Å². The summed E-state index contributed by atoms with van der Waals surface area (Å²) in [5.74, 6) is 2.68. The van der Waals surface area contributed by atoms with Crippen LogP contribution in [0.1, 0.15) is 25.3 Å². The van der Waals surface area contributed by atoms with Crippen LogP contribution >= 0.6 is 0 Å². The SMILES string of the molecule is COc1cc2nc(N3CCN(C(=O)[C@H]4[C@H](c5ccccc5)C4(C)C)CC3)nc(N)c2cc1OC. The number of ether oxygens (including phenoxy) is 2. The quantitative estimate of drug-likeness (QED) is 0.623. The third-order valence-electron chi connectivity index (χ3n) is 7.35. The summed E-state index contributed by atoms with van der Waals surface area (Å²) in [7, 11) is 3.18. The minimum atomic E-state index is -0.0222. The number of hydrogen-bond acceptors (Lipinski definition) is 7. The number of methoxy groups -OCH3 is 2. The molecule has 8 heteroatoms. The summed E-state index contributed by atoms with van der Waals surface area (Å²) in [4.78, 5) is 26.7. The van der Waals surface area contributed by atoms with Gasteiger partial charge in [0, 0.05) is 43.5 Å². The second-order valence-electron chi connectivity index (χ2n) is 9.63. The Morgan fingerprint density at radius 2 is 1.65 bits per heavy atom. The molecule has 0 unspecified atom stereocenters. The Hall–Kier alpha value is -3.55. The number of rotatable bonds is 5. The number of anilines is 2. The van der Waals surface area contributed by atoms with Gasteiger partial charge in [-0.05, 0) is 17.0 Å². The lowest BCUT2D eigenvalue weighted by Crippen LogP contribution is -2.50. The highest BCUT2D eigenvalue weighted by atomic mass is 16.5. The van der Waals surface area contributed by atoms with Crippen molar-refractivity contribution in [1.29, 1.82) is 0 Å². The van der Waals surface area contributed by atoms with Gasteiger partial charge in [-0.15, -0.1) is 0 Å². The van der Waals surface area contributed by atoms with Crippen LogP contribution in [0.15, 0.2) is 42.5 Å². The van der Waals surface area contributed by atoms with Gasteiger partial charge in [0.2, 0.25) is 11.9 Å². The molecule has 3 aromatic rings. The van der Waals surface area contributed by atoms with E-state index in [1.54, 1.807) is 20.3 Å². The van der Waals surface area contributed by atoms with Crippen LogP contribution in [0.3, 0.4) is 0 Å². The lowest BCUT2D eigenvalue weighted by molar-refractivity contribution is -0.133. The van der Waals surface area contributed by atoms with Crippen LogP contribution < -0.4 is 20.1 Å². The number of aromatic nitrogens is 2. The third-order valence-corrected chi connectivity index (χ3v) is 7.35. The highest BCUT2D eigenvalue weighted by Crippen LogP contribution is 2.64. The molecule has 1 saturated carbocycles. The average molecular weight is 462 g/mol. The summed E-state index contributed by atoms with van der Waals surface area (Å²) < 4.78 is 10.8. The summed E-state index contributed by atoms with van der Waals surface area (Å²) in [5.41, 5.74) is 8.19. The van der Waals surface area contributed by atoms with Crippen LogP contribution in [0.25, 0.3) is 10.9 Å². The van der Waals surface area contributed by atoms with E-state index < -0.39 is 0 Å². The Morgan fingerprint density at radius 1 is 1.00 bits per heavy atom. The zero-order valence-corrected chi connectivity index (χ0v) is 20.1. The molecule has 0 radical (unpaired) electrons. The van der Waals surface area contributed by atoms with Crippen molar-refractivity contribution < 1.29 is 14.3 Å². The Morgan fingerprint density at radius 3 is 2.29 bits per heavy atom. The molecule has 0 bridgehead atoms. The Labute approximate surface area is 199 Å². The molecule has 1 saturated heterocycles. The molecule has 2 aromatic carbocycles. The Bertz CT molecular complexity index is 1220. The van der Waals surface area contributed by atoms with Crippen LogP contribution in [-0.2, 0) is 4.79 Å². The second-order valence-corrected chi connectivity index (χ2v) is 9.63. The van der Waals surface area contributed by atoms with E-state index in [1.807, 2.05) is 29.2 Å². The highest BCUT2D eigenvalue weighted by Gasteiger charge is 2.63. The number of nitrogens with two attached hydrogens (primary N) is 1. The van der Waals surface area contributed by atoms with Crippen LogP contribution in [0, 0.1) is 11.3 Å². The van der Waals surface area contributed by atoms with E-state index >= 15 is 0 Å². The number of hydrogen-bond donors (Lipinski definition) is 1. The number of fused-ring (bicyclic) bond motifs is 1. The predicted octanol–water partition coefficient (Wildman–Crippen LogP) is 3.32. The van der Waals surface area contributed by atoms with Crippen LogP contribution in [0.4, 0.5) is 11.8 Å². The van der Waals surface area contributed by atoms with E-state index in [9.17, 15) is 4.79 Å². The van der Waals surface area contributed by atoms with E-state index in [0.29, 0.717) is 55.0 Å². The van der Waals surface area contributed by atoms with E-state index in [1.165, 1.54) is 5.56 Å². The molecule has 5 rings (SSSR count). The van der Waals surface area contributed by atoms with E-state index in [4.69, 9.17) is 20.2 Å². The molecule has 2 fully saturated rings. The highest BCUT2D eigenvalue weighted by molar-refractivity contribution is 5.92. The van der Waals surface area contributed by atoms with Gasteiger partial charge >= 0.3 is 0 Å². The number of amides is 1. The number of nitrogen functional groups attached to an aromatic ring is 1. The van der Waals surface area contributed by atoms with Gasteiger partial charge in [0.15, 0.2) is 11.5 Å². The molecule has 1 amide bonds. The van der Waals surface area contributed by atoms with Crippen LogP contribution in [0.2, 0.25) is 0 Å². The van der Waals surface area contributed by atoms with Gasteiger partial charge in [0.25, 0.3) is 0 Å². The van der Waals surface area contributed by atoms with Crippen molar-refractivity contribution in [2.24, 2.45) is 11.3 Å². The van der Waals surface area contributed by atoms with Gasteiger partial charge < -0.3 is 25.0 Å². The molecule has 178 valence electrons. The van der Waals surface area contributed by atoms with Crippen molar-refractivity contribution in [3.05, 3.63) is 48.0 Å². The van der Waals surface area contributed by atoms with Gasteiger partial charge in [-0.3, -0.25) is 4.79 Å². The van der Waals surface area contributed by atoms with Crippen LogP contribution in [-0.4, -0.2) is 61.2 Å². The molecular weight excluding hydrogens is 430 g/mol. The van der Waals surface area contributed by atoms with Crippen molar-refractivity contribution >= 4 is 28.6 Å². The minimum Gasteiger partial charge on any atom is -0.493 e. The van der Waals surface area contributed by atoms with E-state index in [2.05, 4.69) is 35.9 Å². The maximum absolute atomic E-state index is 13.4. The first-order valence-corrected chi connectivity index (χ1v) is 11.6. The minimum absolute atomic E-state index is 0.0222. The van der Waals surface area contributed by atoms with Gasteiger partial charge in [-0.25, -0.2) is 4.98 Å². The predicted molar refractivity (Wildman–Crippen MR) is 132 cm³/mol. The molecule has 1 aliphatic heterocycles. The zero-order valence-electron chi connectivity index (χ0n) is 20.1. The normalized spacial score (nSPS) is 21.4. The number of nitrogens with zero attached hydrogens (tertiary/aromatic N) is 4. The smallest absolute Gasteiger partial charge is 0.228 e. The first-order chi connectivity index (χ1) is 16.3. The Kier molecular flexibility index (Phi) is 5.46. The fraction of sp³-hybridized carbons (Fsp3) is 0.423. The summed E-state index contributed by atoms with van der Waals surface area (Å²) in [6, 6.07) is 14.0. The lowest BCUT2D eigenvalue weighted by Gasteiger charge is -2.35. The number of benzene rings is 2. The fourth-order valence-corrected chi connectivity index (χ4v) is 5.31. The summed E-state index contributed by atoms with van der Waals surface area (Å²) in [5, 5.41) is 0.720. The zero-order chi connectivity index (χ0) is 24.0. The number of piperazine rings is 1. The summed E-state index contributed by atoms with van der Waals surface area (Å²) >= 11 is 0. The summed E-state index contributed by atoms with van der Waals surface area (Å²) in [6.07, 6.45) is 0. The first-order valence-electron chi connectivity index (χ1n) is 11.6. The molecule has 2 aliphatic rings. The molecule has 2 atom stereocenters. The molecule has 2 heterocycles. The molecular formula is C26H31N5O3. The largest absolute Gasteiger partial charge is 0.493 e. The Balaban J connectivity index is 1.30. The van der Waals surface area contributed by atoms with Crippen molar-refractivity contribution in [1.82, 2.24) is 14.9 Å². The first kappa shape index (κ1) is 22.3. The topological polar surface area (TPSA) is 93.8 Å². The fourth-order valence-electron chi connectivity index (χ4n) is 5.31. The average Bonchev–Trinajstić information content (AvgIpc) is 3.44. The van der Waals surface area contributed by atoms with Crippen molar-refractivity contribution in [3.63, 3.8) is 0 Å². The second kappa shape index (κ2) is 8.34. The van der Waals surface area contributed by atoms with Crippen molar-refractivity contribution in [3.8, 4) is 11.5 Å². The maximum atomic E-state index is 13.4.